The first-order chi connectivity index (χ1) is 10.8. The van der Waals surface area contributed by atoms with Crippen molar-refractivity contribution in [3.05, 3.63) is 48.0 Å². The predicted molar refractivity (Wildman–Crippen MR) is 86.6 cm³/mol. The number of nitrogens with one attached hydrogen (secondary N) is 2. The smallest absolute Gasteiger partial charge is 0.228 e. The van der Waals surface area contributed by atoms with Crippen molar-refractivity contribution in [2.45, 2.75) is 25.7 Å². The Labute approximate surface area is 130 Å². The van der Waals surface area contributed by atoms with E-state index in [2.05, 4.69) is 33.0 Å². The number of benzene rings is 1. The van der Waals surface area contributed by atoms with E-state index in [0.717, 1.165) is 38.0 Å². The minimum absolute atomic E-state index is 0.0605. The number of rotatable bonds is 6. The Morgan fingerprint density at radius 1 is 1.05 bits per heavy atom. The van der Waals surface area contributed by atoms with Crippen molar-refractivity contribution in [2.24, 2.45) is 5.92 Å². The fourth-order valence-corrected chi connectivity index (χ4v) is 2.37. The standard InChI is InChI=1S/C17H20N4O/c22-17(14-7-4-8-14)19-16-10-9-15(20-21-16)18-12-11-13-5-2-1-3-6-13/h1-3,5-6,9-10,14H,4,7-8,11-12H2,(H,18,20)(H,19,21,22). The van der Waals surface area contributed by atoms with Gasteiger partial charge in [0.2, 0.25) is 5.91 Å². The fraction of sp³-hybridized carbons (Fsp3) is 0.353. The van der Waals surface area contributed by atoms with Gasteiger partial charge in [-0.15, -0.1) is 10.2 Å². The van der Waals surface area contributed by atoms with Gasteiger partial charge in [0.25, 0.3) is 0 Å². The van der Waals surface area contributed by atoms with Crippen LogP contribution in [0.15, 0.2) is 42.5 Å². The van der Waals surface area contributed by atoms with Crippen molar-refractivity contribution in [1.29, 1.82) is 0 Å². The third kappa shape index (κ3) is 3.81. The molecule has 3 rings (SSSR count). The summed E-state index contributed by atoms with van der Waals surface area (Å²) in [6, 6.07) is 13.9. The van der Waals surface area contributed by atoms with Gasteiger partial charge in [0.1, 0.15) is 5.82 Å². The van der Waals surface area contributed by atoms with Gasteiger partial charge in [0.15, 0.2) is 5.82 Å². The SMILES string of the molecule is O=C(Nc1ccc(NCCc2ccccc2)nn1)C1CCC1. The summed E-state index contributed by atoms with van der Waals surface area (Å²) < 4.78 is 0. The molecule has 1 saturated carbocycles. The lowest BCUT2D eigenvalue weighted by Crippen LogP contribution is -2.28. The number of carbonyl (C=O) groups excluding carboxylic acids is 1. The fourth-order valence-electron chi connectivity index (χ4n) is 2.37. The highest BCUT2D eigenvalue weighted by Crippen LogP contribution is 2.27. The summed E-state index contributed by atoms with van der Waals surface area (Å²) in [5, 5.41) is 14.2. The highest BCUT2D eigenvalue weighted by Gasteiger charge is 2.25. The van der Waals surface area contributed by atoms with Gasteiger partial charge in [0, 0.05) is 12.5 Å². The van der Waals surface area contributed by atoms with Crippen LogP contribution in [-0.4, -0.2) is 22.6 Å². The van der Waals surface area contributed by atoms with Gasteiger partial charge in [-0.05, 0) is 37.0 Å². The van der Waals surface area contributed by atoms with Crippen LogP contribution >= 0.6 is 0 Å². The van der Waals surface area contributed by atoms with Gasteiger partial charge in [0.05, 0.1) is 0 Å². The van der Waals surface area contributed by atoms with Crippen LogP contribution in [0.3, 0.4) is 0 Å². The molecule has 5 heteroatoms. The summed E-state index contributed by atoms with van der Waals surface area (Å²) in [5.74, 6) is 1.46. The summed E-state index contributed by atoms with van der Waals surface area (Å²) in [6.07, 6.45) is 4.05. The second-order valence-electron chi connectivity index (χ2n) is 5.58. The molecule has 1 aromatic heterocycles. The van der Waals surface area contributed by atoms with E-state index < -0.39 is 0 Å². The molecule has 5 nitrogen and oxygen atoms in total. The predicted octanol–water partition coefficient (Wildman–Crippen LogP) is 2.87. The first-order valence-electron chi connectivity index (χ1n) is 7.73. The zero-order chi connectivity index (χ0) is 15.2. The third-order valence-electron chi connectivity index (χ3n) is 3.95. The average Bonchev–Trinajstić information content (AvgIpc) is 2.48. The van der Waals surface area contributed by atoms with Crippen molar-refractivity contribution in [3.8, 4) is 0 Å². The molecule has 0 aliphatic heterocycles. The molecule has 22 heavy (non-hydrogen) atoms. The van der Waals surface area contributed by atoms with E-state index in [0.29, 0.717) is 5.82 Å². The molecule has 1 amide bonds. The maximum atomic E-state index is 11.8. The maximum absolute atomic E-state index is 11.8. The molecule has 2 aromatic rings. The van der Waals surface area contributed by atoms with Crippen LogP contribution in [0.5, 0.6) is 0 Å². The maximum Gasteiger partial charge on any atom is 0.228 e. The summed E-state index contributed by atoms with van der Waals surface area (Å²) in [5.41, 5.74) is 1.28. The number of amides is 1. The number of anilines is 2. The summed E-state index contributed by atoms with van der Waals surface area (Å²) in [6.45, 7) is 0.798. The molecule has 1 aromatic carbocycles. The highest BCUT2D eigenvalue weighted by molar-refractivity contribution is 5.92. The van der Waals surface area contributed by atoms with Crippen LogP contribution in [0.25, 0.3) is 0 Å². The molecule has 1 aliphatic carbocycles. The van der Waals surface area contributed by atoms with Crippen LogP contribution in [0, 0.1) is 5.92 Å². The molecule has 1 aliphatic rings. The van der Waals surface area contributed by atoms with Crippen molar-refractivity contribution < 1.29 is 4.79 Å². The molecule has 2 N–H and O–H groups in total. The van der Waals surface area contributed by atoms with Crippen molar-refractivity contribution in [3.63, 3.8) is 0 Å². The molecule has 114 valence electrons. The van der Waals surface area contributed by atoms with Crippen LogP contribution in [0.2, 0.25) is 0 Å². The Morgan fingerprint density at radius 3 is 2.41 bits per heavy atom. The van der Waals surface area contributed by atoms with Crippen LogP contribution < -0.4 is 10.6 Å². The topological polar surface area (TPSA) is 66.9 Å². The molecule has 0 unspecified atom stereocenters. The largest absolute Gasteiger partial charge is 0.368 e. The summed E-state index contributed by atoms with van der Waals surface area (Å²) in [4.78, 5) is 11.8. The molecular formula is C17H20N4O. The van der Waals surface area contributed by atoms with Crippen LogP contribution in [-0.2, 0) is 11.2 Å². The number of hydrogen-bond acceptors (Lipinski definition) is 4. The second kappa shape index (κ2) is 7.02. The van der Waals surface area contributed by atoms with E-state index in [1.165, 1.54) is 5.56 Å². The van der Waals surface area contributed by atoms with Crippen LogP contribution in [0.1, 0.15) is 24.8 Å². The lowest BCUT2D eigenvalue weighted by Gasteiger charge is -2.23. The molecule has 1 fully saturated rings. The Morgan fingerprint density at radius 2 is 1.77 bits per heavy atom. The summed E-state index contributed by atoms with van der Waals surface area (Å²) in [7, 11) is 0. The zero-order valence-electron chi connectivity index (χ0n) is 12.5. The highest BCUT2D eigenvalue weighted by atomic mass is 16.2. The van der Waals surface area contributed by atoms with E-state index in [1.807, 2.05) is 24.3 Å². The molecule has 0 bridgehead atoms. The number of nitrogens with zero attached hydrogens (tertiary/aromatic N) is 2. The lowest BCUT2D eigenvalue weighted by molar-refractivity contribution is -0.122. The van der Waals surface area contributed by atoms with Gasteiger partial charge in [-0.2, -0.15) is 0 Å². The van der Waals surface area contributed by atoms with Gasteiger partial charge in [-0.3, -0.25) is 4.79 Å². The molecule has 0 radical (unpaired) electrons. The van der Waals surface area contributed by atoms with Gasteiger partial charge < -0.3 is 10.6 Å². The van der Waals surface area contributed by atoms with Crippen molar-refractivity contribution in [2.75, 3.05) is 17.2 Å². The average molecular weight is 296 g/mol. The quantitative estimate of drug-likeness (QED) is 0.860. The Bertz CT molecular complexity index is 608. The normalized spacial score (nSPS) is 14.2. The third-order valence-corrected chi connectivity index (χ3v) is 3.95. The van der Waals surface area contributed by atoms with E-state index in [9.17, 15) is 4.79 Å². The van der Waals surface area contributed by atoms with Gasteiger partial charge >= 0.3 is 0 Å². The molecule has 1 heterocycles. The van der Waals surface area contributed by atoms with Crippen LogP contribution in [0.4, 0.5) is 11.6 Å². The minimum atomic E-state index is 0.0605. The minimum Gasteiger partial charge on any atom is -0.368 e. The van der Waals surface area contributed by atoms with E-state index >= 15 is 0 Å². The number of aromatic nitrogens is 2. The molecule has 0 saturated heterocycles. The lowest BCUT2D eigenvalue weighted by atomic mass is 9.85. The molecule has 0 spiro atoms. The first kappa shape index (κ1) is 14.5. The molecular weight excluding hydrogens is 276 g/mol. The van der Waals surface area contributed by atoms with Gasteiger partial charge in [-0.25, -0.2) is 0 Å². The number of hydrogen-bond donors (Lipinski definition) is 2. The monoisotopic (exact) mass is 296 g/mol. The Hall–Kier alpha value is -2.43. The number of carbonyl (C=O) groups is 1. The van der Waals surface area contributed by atoms with E-state index in [1.54, 1.807) is 6.07 Å². The first-order valence-corrected chi connectivity index (χ1v) is 7.73. The second-order valence-corrected chi connectivity index (χ2v) is 5.58. The zero-order valence-corrected chi connectivity index (χ0v) is 12.5. The Kier molecular flexibility index (Phi) is 4.63. The molecule has 0 atom stereocenters. The Balaban J connectivity index is 1.45. The van der Waals surface area contributed by atoms with Gasteiger partial charge in [-0.1, -0.05) is 36.8 Å². The van der Waals surface area contributed by atoms with E-state index in [4.69, 9.17) is 0 Å². The van der Waals surface area contributed by atoms with Crippen molar-refractivity contribution in [1.82, 2.24) is 10.2 Å². The van der Waals surface area contributed by atoms with Crippen molar-refractivity contribution >= 4 is 17.5 Å². The summed E-state index contributed by atoms with van der Waals surface area (Å²) >= 11 is 0. The van der Waals surface area contributed by atoms with E-state index in [-0.39, 0.29) is 11.8 Å².